The highest BCUT2D eigenvalue weighted by Crippen LogP contribution is 2.20. The van der Waals surface area contributed by atoms with Crippen molar-refractivity contribution in [3.05, 3.63) is 35.4 Å². The molecule has 1 rings (SSSR count). The van der Waals surface area contributed by atoms with E-state index in [9.17, 15) is 0 Å². The molecule has 0 aliphatic carbocycles. The third-order valence-electron chi connectivity index (χ3n) is 2.37. The summed E-state index contributed by atoms with van der Waals surface area (Å²) in [5, 5.41) is 0. The molecule has 0 spiro atoms. The van der Waals surface area contributed by atoms with Crippen LogP contribution in [0.1, 0.15) is 25.0 Å². The van der Waals surface area contributed by atoms with E-state index in [1.165, 1.54) is 0 Å². The third-order valence-corrected chi connectivity index (χ3v) is 2.37. The third kappa shape index (κ3) is 3.94. The van der Waals surface area contributed by atoms with E-state index < -0.39 is 0 Å². The Labute approximate surface area is 103 Å². The Kier molecular flexibility index (Phi) is 4.76. The van der Waals surface area contributed by atoms with Crippen molar-refractivity contribution in [2.45, 2.75) is 26.8 Å². The molecule has 0 heterocycles. The van der Waals surface area contributed by atoms with E-state index in [1.807, 2.05) is 45.0 Å². The van der Waals surface area contributed by atoms with Gasteiger partial charge in [-0.1, -0.05) is 0 Å². The van der Waals surface area contributed by atoms with Gasteiger partial charge >= 0.3 is 0 Å². The molecule has 17 heavy (non-hydrogen) atoms. The molecule has 3 nitrogen and oxygen atoms in total. The lowest BCUT2D eigenvalue weighted by Crippen LogP contribution is -1.98. The Bertz CT molecular complexity index is 434. The fraction of sp³-hybridized carbons (Fsp3) is 0.357. The largest absolute Gasteiger partial charge is 0.496 e. The average molecular weight is 232 g/mol. The summed E-state index contributed by atoms with van der Waals surface area (Å²) in [6.45, 7) is 6.05. The number of methoxy groups -OCH3 is 1. The van der Waals surface area contributed by atoms with Crippen LogP contribution in [-0.2, 0) is 0 Å². The molecule has 0 radical (unpaired) electrons. The number of rotatable bonds is 4. The van der Waals surface area contributed by atoms with Gasteiger partial charge in [-0.3, -0.25) is 4.99 Å². The standard InChI is InChI=1S/C14H20N2O/c1-10(2)16-8-7-13(15)12-5-6-14(17-4)11(3)9-12/h5-10H,15H2,1-4H3. The minimum absolute atomic E-state index is 0.289. The van der Waals surface area contributed by atoms with Crippen LogP contribution in [0.5, 0.6) is 5.75 Å². The molecule has 0 fully saturated rings. The lowest BCUT2D eigenvalue weighted by Gasteiger charge is -2.07. The monoisotopic (exact) mass is 232 g/mol. The van der Waals surface area contributed by atoms with Crippen molar-refractivity contribution < 1.29 is 4.74 Å². The Morgan fingerprint density at radius 3 is 2.65 bits per heavy atom. The van der Waals surface area contributed by atoms with Gasteiger partial charge in [0.25, 0.3) is 0 Å². The van der Waals surface area contributed by atoms with Gasteiger partial charge in [-0.05, 0) is 56.2 Å². The van der Waals surface area contributed by atoms with Gasteiger partial charge in [0.15, 0.2) is 0 Å². The quantitative estimate of drug-likeness (QED) is 0.811. The smallest absolute Gasteiger partial charge is 0.121 e. The molecule has 92 valence electrons. The van der Waals surface area contributed by atoms with E-state index in [0.717, 1.165) is 16.9 Å². The van der Waals surface area contributed by atoms with E-state index in [1.54, 1.807) is 13.3 Å². The fourth-order valence-electron chi connectivity index (χ4n) is 1.45. The predicted molar refractivity (Wildman–Crippen MR) is 73.5 cm³/mol. The molecule has 0 saturated carbocycles. The van der Waals surface area contributed by atoms with E-state index in [-0.39, 0.29) is 6.04 Å². The topological polar surface area (TPSA) is 47.6 Å². The van der Waals surface area contributed by atoms with Crippen LogP contribution >= 0.6 is 0 Å². The molecule has 0 saturated heterocycles. The maximum Gasteiger partial charge on any atom is 0.121 e. The van der Waals surface area contributed by atoms with E-state index in [0.29, 0.717) is 5.70 Å². The second-order valence-corrected chi connectivity index (χ2v) is 4.20. The van der Waals surface area contributed by atoms with Gasteiger partial charge in [-0.15, -0.1) is 0 Å². The van der Waals surface area contributed by atoms with Crippen molar-refractivity contribution in [1.29, 1.82) is 0 Å². The highest BCUT2D eigenvalue weighted by molar-refractivity contribution is 5.83. The first-order chi connectivity index (χ1) is 8.04. The normalized spacial score (nSPS) is 12.4. The van der Waals surface area contributed by atoms with Crippen LogP contribution in [0, 0.1) is 6.92 Å². The van der Waals surface area contributed by atoms with E-state index >= 15 is 0 Å². The minimum Gasteiger partial charge on any atom is -0.496 e. The molecule has 2 N–H and O–H groups in total. The Morgan fingerprint density at radius 1 is 1.41 bits per heavy atom. The van der Waals surface area contributed by atoms with Crippen molar-refractivity contribution in [2.24, 2.45) is 10.7 Å². The zero-order valence-corrected chi connectivity index (χ0v) is 10.9. The zero-order valence-electron chi connectivity index (χ0n) is 10.9. The average Bonchev–Trinajstić information content (AvgIpc) is 2.28. The van der Waals surface area contributed by atoms with Gasteiger partial charge in [0.05, 0.1) is 7.11 Å². The predicted octanol–water partition coefficient (Wildman–Crippen LogP) is 2.78. The maximum atomic E-state index is 5.97. The number of aryl methyl sites for hydroxylation is 1. The van der Waals surface area contributed by atoms with Crippen molar-refractivity contribution in [3.63, 3.8) is 0 Å². The molecule has 0 aliphatic rings. The summed E-state index contributed by atoms with van der Waals surface area (Å²) in [6, 6.07) is 6.16. The van der Waals surface area contributed by atoms with Gasteiger partial charge in [-0.25, -0.2) is 0 Å². The summed E-state index contributed by atoms with van der Waals surface area (Å²) in [5.41, 5.74) is 8.74. The SMILES string of the molecule is COc1ccc(C(N)=CC=NC(C)C)cc1C. The first kappa shape index (κ1) is 13.3. The molecule has 0 aromatic heterocycles. The van der Waals surface area contributed by atoms with Gasteiger partial charge in [0.1, 0.15) is 5.75 Å². The summed E-state index contributed by atoms with van der Waals surface area (Å²) < 4.78 is 5.21. The van der Waals surface area contributed by atoms with Crippen LogP contribution in [0.25, 0.3) is 5.70 Å². The van der Waals surface area contributed by atoms with Crippen molar-refractivity contribution in [3.8, 4) is 5.75 Å². The number of allylic oxidation sites excluding steroid dienone is 1. The van der Waals surface area contributed by atoms with Crippen LogP contribution in [0.4, 0.5) is 0 Å². The first-order valence-corrected chi connectivity index (χ1v) is 5.68. The second kappa shape index (κ2) is 6.09. The van der Waals surface area contributed by atoms with Crippen molar-refractivity contribution in [1.82, 2.24) is 0 Å². The first-order valence-electron chi connectivity index (χ1n) is 5.68. The van der Waals surface area contributed by atoms with Gasteiger partial charge in [0, 0.05) is 18.0 Å². The van der Waals surface area contributed by atoms with Crippen molar-refractivity contribution in [2.75, 3.05) is 7.11 Å². The van der Waals surface area contributed by atoms with Crippen LogP contribution in [-0.4, -0.2) is 19.4 Å². The molecule has 0 unspecified atom stereocenters. The van der Waals surface area contributed by atoms with E-state index in [4.69, 9.17) is 10.5 Å². The molecular weight excluding hydrogens is 212 g/mol. The van der Waals surface area contributed by atoms with Crippen LogP contribution < -0.4 is 10.5 Å². The molecule has 0 aliphatic heterocycles. The second-order valence-electron chi connectivity index (χ2n) is 4.20. The molecule has 1 aromatic carbocycles. The Hall–Kier alpha value is -1.77. The fourth-order valence-corrected chi connectivity index (χ4v) is 1.45. The lowest BCUT2D eigenvalue weighted by molar-refractivity contribution is 0.411. The number of hydrogen-bond donors (Lipinski definition) is 1. The van der Waals surface area contributed by atoms with Crippen LogP contribution in [0.3, 0.4) is 0 Å². The van der Waals surface area contributed by atoms with Gasteiger partial charge < -0.3 is 10.5 Å². The van der Waals surface area contributed by atoms with Crippen molar-refractivity contribution >= 4 is 11.9 Å². The number of ether oxygens (including phenoxy) is 1. The number of nitrogens with two attached hydrogens (primary N) is 1. The summed E-state index contributed by atoms with van der Waals surface area (Å²) in [5.74, 6) is 0.873. The number of benzene rings is 1. The molecule has 0 atom stereocenters. The number of nitrogens with zero attached hydrogens (tertiary/aromatic N) is 1. The lowest BCUT2D eigenvalue weighted by atomic mass is 10.1. The summed E-state index contributed by atoms with van der Waals surface area (Å²) in [4.78, 5) is 4.24. The number of hydrogen-bond acceptors (Lipinski definition) is 3. The van der Waals surface area contributed by atoms with Crippen LogP contribution in [0.15, 0.2) is 29.3 Å². The molecule has 3 heteroatoms. The number of aliphatic imine (C=N–C) groups is 1. The summed E-state index contributed by atoms with van der Waals surface area (Å²) in [6.07, 6.45) is 3.57. The van der Waals surface area contributed by atoms with Crippen LogP contribution in [0.2, 0.25) is 0 Å². The Morgan fingerprint density at radius 2 is 2.12 bits per heavy atom. The summed E-state index contributed by atoms with van der Waals surface area (Å²) in [7, 11) is 1.66. The van der Waals surface area contributed by atoms with Gasteiger partial charge in [-0.2, -0.15) is 0 Å². The molecular formula is C14H20N2O. The highest BCUT2D eigenvalue weighted by Gasteiger charge is 2.01. The Balaban J connectivity index is 2.89. The zero-order chi connectivity index (χ0) is 12.8. The highest BCUT2D eigenvalue weighted by atomic mass is 16.5. The van der Waals surface area contributed by atoms with Gasteiger partial charge in [0.2, 0.25) is 0 Å². The molecule has 0 bridgehead atoms. The maximum absolute atomic E-state index is 5.97. The summed E-state index contributed by atoms with van der Waals surface area (Å²) >= 11 is 0. The molecule has 1 aromatic rings. The van der Waals surface area contributed by atoms with E-state index in [2.05, 4.69) is 4.99 Å². The molecule has 0 amide bonds. The minimum atomic E-state index is 0.289.